The van der Waals surface area contributed by atoms with Gasteiger partial charge in [-0.1, -0.05) is 37.3 Å². The highest BCUT2D eigenvalue weighted by molar-refractivity contribution is 5.98. The summed E-state index contributed by atoms with van der Waals surface area (Å²) >= 11 is 0. The van der Waals surface area contributed by atoms with E-state index in [0.717, 1.165) is 28.6 Å². The topological polar surface area (TPSA) is 101 Å². The number of hydrogen-bond acceptors (Lipinski definition) is 5. The van der Waals surface area contributed by atoms with Gasteiger partial charge in [0, 0.05) is 72.7 Å². The van der Waals surface area contributed by atoms with E-state index in [1.807, 2.05) is 80.6 Å². The molecule has 224 valence electrons. The first-order valence-corrected chi connectivity index (χ1v) is 14.4. The van der Waals surface area contributed by atoms with E-state index in [0.29, 0.717) is 43.8 Å². The predicted molar refractivity (Wildman–Crippen MR) is 167 cm³/mol. The highest BCUT2D eigenvalue weighted by Gasteiger charge is 2.32. The third-order valence-electron chi connectivity index (χ3n) is 7.89. The number of benzene rings is 3. The van der Waals surface area contributed by atoms with E-state index in [1.54, 1.807) is 11.0 Å². The number of hydrogen-bond donors (Lipinski definition) is 3. The van der Waals surface area contributed by atoms with Crippen LogP contribution in [0.1, 0.15) is 34.3 Å². The summed E-state index contributed by atoms with van der Waals surface area (Å²) in [7, 11) is 3.97. The number of aldehydes is 1. The van der Waals surface area contributed by atoms with Crippen molar-refractivity contribution in [2.24, 2.45) is 0 Å². The predicted octanol–water partition coefficient (Wildman–Crippen LogP) is 4.82. The van der Waals surface area contributed by atoms with Crippen LogP contribution in [0.4, 0.5) is 20.6 Å². The van der Waals surface area contributed by atoms with Gasteiger partial charge >= 0.3 is 6.03 Å². The molecule has 9 nitrogen and oxygen atoms in total. The molecule has 0 spiro atoms. The fourth-order valence-electron chi connectivity index (χ4n) is 5.68. The molecule has 2 atom stereocenters. The minimum Gasteiger partial charge on any atom is -0.367 e. The second-order valence-electron chi connectivity index (χ2n) is 11.2. The number of aromatic nitrogens is 1. The van der Waals surface area contributed by atoms with Crippen LogP contribution in [-0.4, -0.2) is 79.3 Å². The van der Waals surface area contributed by atoms with Crippen LogP contribution in [0.15, 0.2) is 72.9 Å². The van der Waals surface area contributed by atoms with Crippen LogP contribution >= 0.6 is 0 Å². The minimum absolute atomic E-state index is 0.275. The Balaban J connectivity index is 1.34. The summed E-state index contributed by atoms with van der Waals surface area (Å²) in [4.78, 5) is 47.9. The number of anilines is 2. The van der Waals surface area contributed by atoms with Gasteiger partial charge in [0.25, 0.3) is 0 Å². The molecule has 0 unspecified atom stereocenters. The van der Waals surface area contributed by atoms with E-state index >= 15 is 0 Å². The van der Waals surface area contributed by atoms with Gasteiger partial charge in [-0.3, -0.25) is 9.59 Å². The van der Waals surface area contributed by atoms with E-state index < -0.39 is 11.9 Å². The molecule has 4 aromatic rings. The lowest BCUT2D eigenvalue weighted by Crippen LogP contribution is -2.56. The Labute approximate surface area is 250 Å². The average Bonchev–Trinajstić information content (AvgIpc) is 3.43. The van der Waals surface area contributed by atoms with Crippen molar-refractivity contribution in [2.75, 3.05) is 50.5 Å². The van der Waals surface area contributed by atoms with E-state index in [4.69, 9.17) is 0 Å². The van der Waals surface area contributed by atoms with Crippen molar-refractivity contribution in [3.8, 4) is 0 Å². The van der Waals surface area contributed by atoms with Gasteiger partial charge < -0.3 is 30.3 Å². The van der Waals surface area contributed by atoms with Crippen LogP contribution in [0.5, 0.6) is 0 Å². The normalized spacial score (nSPS) is 14.9. The summed E-state index contributed by atoms with van der Waals surface area (Å²) in [6.07, 6.45) is 2.54. The molecule has 3 amide bonds. The first-order valence-electron chi connectivity index (χ1n) is 14.4. The van der Waals surface area contributed by atoms with Gasteiger partial charge in [0.1, 0.15) is 11.9 Å². The van der Waals surface area contributed by atoms with Crippen LogP contribution in [0.2, 0.25) is 0 Å². The third kappa shape index (κ3) is 6.86. The number of H-pyrrole nitrogens is 1. The molecule has 0 bridgehead atoms. The Morgan fingerprint density at radius 3 is 2.53 bits per heavy atom. The number of piperazine rings is 1. The molecule has 10 heteroatoms. The molecule has 2 heterocycles. The summed E-state index contributed by atoms with van der Waals surface area (Å²) in [5.41, 5.74) is 4.52. The van der Waals surface area contributed by atoms with Gasteiger partial charge in [0.15, 0.2) is 6.29 Å². The Kier molecular flexibility index (Phi) is 9.06. The van der Waals surface area contributed by atoms with Crippen molar-refractivity contribution >= 4 is 40.5 Å². The maximum absolute atomic E-state index is 13.8. The van der Waals surface area contributed by atoms with E-state index in [9.17, 15) is 18.8 Å². The lowest BCUT2D eigenvalue weighted by Gasteiger charge is -2.37. The average molecular weight is 585 g/mol. The standard InChI is InChI=1S/C33H37FN6O3/c1-22(28-19-35-29-10-5-4-9-27(28)29)31(32(42)36-26-8-6-7-23(17-26)20-38(2)3)37-33(43)40-15-13-39(14-16-40)30-12-11-25(34)18-24(30)21-41/h4-12,17-19,21-22,31,35H,13-16,20H2,1-3H3,(H,36,42)(H,37,43)/t22-,31-/m1/s1. The second kappa shape index (κ2) is 13.1. The summed E-state index contributed by atoms with van der Waals surface area (Å²) in [6, 6.07) is 18.5. The number of halogens is 1. The number of nitrogens with one attached hydrogen (secondary N) is 3. The monoisotopic (exact) mass is 584 g/mol. The van der Waals surface area contributed by atoms with Crippen LogP contribution in [0.25, 0.3) is 10.9 Å². The van der Waals surface area contributed by atoms with E-state index in [1.165, 1.54) is 12.1 Å². The maximum atomic E-state index is 13.8. The fraction of sp³-hybridized carbons (Fsp3) is 0.303. The van der Waals surface area contributed by atoms with Crippen LogP contribution in [0, 0.1) is 5.82 Å². The molecule has 1 aliphatic rings. The summed E-state index contributed by atoms with van der Waals surface area (Å²) in [6.45, 7) is 4.36. The molecule has 3 aromatic carbocycles. The van der Waals surface area contributed by atoms with Gasteiger partial charge in [0.2, 0.25) is 5.91 Å². The maximum Gasteiger partial charge on any atom is 0.318 e. The van der Waals surface area contributed by atoms with Crippen LogP contribution < -0.4 is 15.5 Å². The van der Waals surface area contributed by atoms with Gasteiger partial charge in [-0.2, -0.15) is 0 Å². The second-order valence-corrected chi connectivity index (χ2v) is 11.2. The number of amides is 3. The molecule has 0 radical (unpaired) electrons. The summed E-state index contributed by atoms with van der Waals surface area (Å²) in [5.74, 6) is -1.13. The summed E-state index contributed by atoms with van der Waals surface area (Å²) in [5, 5.41) is 7.04. The highest BCUT2D eigenvalue weighted by Crippen LogP contribution is 2.29. The quantitative estimate of drug-likeness (QED) is 0.245. The Morgan fingerprint density at radius 1 is 1.02 bits per heavy atom. The first-order chi connectivity index (χ1) is 20.7. The lowest BCUT2D eigenvalue weighted by molar-refractivity contribution is -0.118. The molecule has 1 aliphatic heterocycles. The highest BCUT2D eigenvalue weighted by atomic mass is 19.1. The zero-order valence-electron chi connectivity index (χ0n) is 24.6. The van der Waals surface area contributed by atoms with Gasteiger partial charge in [0.05, 0.1) is 0 Å². The van der Waals surface area contributed by atoms with Crippen molar-refractivity contribution in [1.82, 2.24) is 20.1 Å². The zero-order chi connectivity index (χ0) is 30.5. The largest absolute Gasteiger partial charge is 0.367 e. The van der Waals surface area contributed by atoms with E-state index in [-0.39, 0.29) is 23.4 Å². The third-order valence-corrected chi connectivity index (χ3v) is 7.89. The Hall–Kier alpha value is -4.70. The number of para-hydroxylation sites is 1. The van der Waals surface area contributed by atoms with Gasteiger partial charge in [-0.15, -0.1) is 0 Å². The number of aromatic amines is 1. The van der Waals surface area contributed by atoms with Crippen LogP contribution in [0.3, 0.4) is 0 Å². The molecule has 0 aliphatic carbocycles. The fourth-order valence-corrected chi connectivity index (χ4v) is 5.68. The SMILES string of the molecule is C[C@H](c1c[nH]c2ccccc12)[C@@H](NC(=O)N1CCN(c2ccc(F)cc2C=O)CC1)C(=O)Nc1cccc(CN(C)C)c1. The zero-order valence-corrected chi connectivity index (χ0v) is 24.6. The van der Waals surface area contributed by atoms with Crippen molar-refractivity contribution in [2.45, 2.75) is 25.4 Å². The molecule has 5 rings (SSSR count). The minimum atomic E-state index is -0.860. The number of urea groups is 1. The van der Waals surface area contributed by atoms with Crippen molar-refractivity contribution in [1.29, 1.82) is 0 Å². The molecule has 3 N–H and O–H groups in total. The first kappa shape index (κ1) is 29.8. The molecular formula is C33H37FN6O3. The summed E-state index contributed by atoms with van der Waals surface area (Å²) < 4.78 is 13.6. The molecule has 1 saturated heterocycles. The molecule has 1 fully saturated rings. The number of nitrogens with zero attached hydrogens (tertiary/aromatic N) is 3. The van der Waals surface area contributed by atoms with Crippen molar-refractivity contribution in [3.63, 3.8) is 0 Å². The van der Waals surface area contributed by atoms with Gasteiger partial charge in [-0.05, 0) is 61.6 Å². The van der Waals surface area contributed by atoms with Crippen molar-refractivity contribution in [3.05, 3.63) is 95.4 Å². The van der Waals surface area contributed by atoms with Crippen molar-refractivity contribution < 1.29 is 18.8 Å². The number of carbonyl (C=O) groups is 3. The molecule has 43 heavy (non-hydrogen) atoms. The number of fused-ring (bicyclic) bond motifs is 1. The van der Waals surface area contributed by atoms with Gasteiger partial charge in [-0.25, -0.2) is 9.18 Å². The van der Waals surface area contributed by atoms with Crippen LogP contribution in [-0.2, 0) is 11.3 Å². The number of rotatable bonds is 9. The molecule has 1 aromatic heterocycles. The van der Waals surface area contributed by atoms with E-state index in [2.05, 4.69) is 20.5 Å². The molecular weight excluding hydrogens is 547 g/mol. The Morgan fingerprint density at radius 2 is 1.79 bits per heavy atom. The number of carbonyl (C=O) groups excluding carboxylic acids is 3. The Bertz CT molecular complexity index is 1610. The smallest absolute Gasteiger partial charge is 0.318 e. The molecule has 0 saturated carbocycles. The lowest BCUT2D eigenvalue weighted by atomic mass is 9.92.